The maximum atomic E-state index is 13.2. The van der Waals surface area contributed by atoms with Crippen LogP contribution in [-0.2, 0) is 24.3 Å². The molecule has 0 spiro atoms. The van der Waals surface area contributed by atoms with Crippen molar-refractivity contribution >= 4 is 39.2 Å². The Hall–Kier alpha value is -2.46. The average molecular weight is 492 g/mol. The van der Waals surface area contributed by atoms with E-state index in [2.05, 4.69) is 0 Å². The predicted octanol–water partition coefficient (Wildman–Crippen LogP) is 2.69. The van der Waals surface area contributed by atoms with Crippen LogP contribution < -0.4 is 4.90 Å². The molecule has 0 bridgehead atoms. The highest BCUT2D eigenvalue weighted by Gasteiger charge is 2.36. The van der Waals surface area contributed by atoms with Crippen LogP contribution in [0.25, 0.3) is 0 Å². The molecule has 2 saturated heterocycles. The van der Waals surface area contributed by atoms with Crippen LogP contribution in [-0.4, -0.2) is 69.3 Å². The lowest BCUT2D eigenvalue weighted by Crippen LogP contribution is -2.51. The van der Waals surface area contributed by atoms with E-state index in [0.29, 0.717) is 42.3 Å². The van der Waals surface area contributed by atoms with Crippen LogP contribution in [0.15, 0.2) is 53.4 Å². The van der Waals surface area contributed by atoms with Crippen molar-refractivity contribution in [1.29, 1.82) is 0 Å². The Labute approximate surface area is 198 Å². The van der Waals surface area contributed by atoms with Crippen LogP contribution in [0.3, 0.4) is 0 Å². The van der Waals surface area contributed by atoms with Gasteiger partial charge in [0.2, 0.25) is 15.9 Å². The number of nitrogens with zero attached hydrogens (tertiary/aromatic N) is 3. The van der Waals surface area contributed by atoms with Gasteiger partial charge in [-0.1, -0.05) is 29.8 Å². The van der Waals surface area contributed by atoms with Crippen molar-refractivity contribution in [2.45, 2.75) is 23.8 Å². The molecule has 176 valence electrons. The number of benzene rings is 2. The van der Waals surface area contributed by atoms with E-state index >= 15 is 0 Å². The number of carbonyl (C=O) groups excluding carboxylic acids is 2. The number of halogens is 1. The molecule has 2 aromatic carbocycles. The molecule has 2 aromatic rings. The number of rotatable bonds is 6. The number of piperazine rings is 1. The third kappa shape index (κ3) is 4.77. The topological polar surface area (TPSA) is 87.2 Å². The average Bonchev–Trinajstić information content (AvgIpc) is 3.26. The summed E-state index contributed by atoms with van der Waals surface area (Å²) >= 11 is 6.32. The lowest BCUT2D eigenvalue weighted by molar-refractivity contribution is -0.147. The quantitative estimate of drug-likeness (QED) is 0.577. The molecule has 2 aliphatic rings. The second-order valence-corrected chi connectivity index (χ2v) is 10.4. The minimum absolute atomic E-state index is 0.0559. The summed E-state index contributed by atoms with van der Waals surface area (Å²) in [5, 5.41) is 0.458. The van der Waals surface area contributed by atoms with Crippen molar-refractivity contribution in [3.8, 4) is 0 Å². The molecule has 0 aromatic heterocycles. The van der Waals surface area contributed by atoms with Gasteiger partial charge >= 0.3 is 5.97 Å². The fourth-order valence-corrected chi connectivity index (χ4v) is 6.01. The third-order valence-corrected chi connectivity index (χ3v) is 8.38. The second-order valence-electron chi connectivity index (χ2n) is 8.03. The molecule has 0 radical (unpaired) electrons. The maximum absolute atomic E-state index is 13.2. The first kappa shape index (κ1) is 23.7. The first-order chi connectivity index (χ1) is 15.8. The predicted molar refractivity (Wildman–Crippen MR) is 125 cm³/mol. The van der Waals surface area contributed by atoms with E-state index in [4.69, 9.17) is 16.3 Å². The minimum Gasteiger partial charge on any atom is -0.468 e. The summed E-state index contributed by atoms with van der Waals surface area (Å²) in [4.78, 5) is 28.2. The molecule has 1 atom stereocenters. The number of anilines is 1. The maximum Gasteiger partial charge on any atom is 0.327 e. The van der Waals surface area contributed by atoms with E-state index < -0.39 is 22.0 Å². The molecule has 33 heavy (non-hydrogen) atoms. The number of amides is 1. The van der Waals surface area contributed by atoms with Crippen molar-refractivity contribution in [2.75, 3.05) is 44.7 Å². The van der Waals surface area contributed by atoms with Crippen LogP contribution in [0.4, 0.5) is 5.69 Å². The first-order valence-electron chi connectivity index (χ1n) is 10.8. The van der Waals surface area contributed by atoms with Crippen molar-refractivity contribution in [2.24, 2.45) is 0 Å². The van der Waals surface area contributed by atoms with Gasteiger partial charge in [-0.3, -0.25) is 9.69 Å². The van der Waals surface area contributed by atoms with Gasteiger partial charge < -0.3 is 9.64 Å². The van der Waals surface area contributed by atoms with Gasteiger partial charge in [0.05, 0.1) is 12.0 Å². The summed E-state index contributed by atoms with van der Waals surface area (Å²) in [5.74, 6) is -0.383. The van der Waals surface area contributed by atoms with Crippen molar-refractivity contribution in [3.63, 3.8) is 0 Å². The molecule has 8 nitrogen and oxygen atoms in total. The van der Waals surface area contributed by atoms with E-state index in [1.165, 1.54) is 11.4 Å². The van der Waals surface area contributed by atoms with Crippen LogP contribution in [0.1, 0.15) is 24.4 Å². The first-order valence-corrected chi connectivity index (χ1v) is 12.6. The number of methoxy groups -OCH3 is 1. The number of hydrogen-bond donors (Lipinski definition) is 0. The molecular formula is C23H26ClN3O5S. The summed E-state index contributed by atoms with van der Waals surface area (Å²) in [6.45, 7) is 1.81. The Balaban J connectivity index is 1.47. The second kappa shape index (κ2) is 9.80. The van der Waals surface area contributed by atoms with E-state index in [1.807, 2.05) is 4.90 Å². The SMILES string of the molecule is COC(=O)C(c1ccccc1Cl)N1CCN(S(=O)(=O)c2ccc(N3CCCC3=O)cc2)CC1. The highest BCUT2D eigenvalue weighted by atomic mass is 35.5. The summed E-state index contributed by atoms with van der Waals surface area (Å²) in [6.07, 6.45) is 1.33. The smallest absolute Gasteiger partial charge is 0.327 e. The number of esters is 1. The molecule has 2 aliphatic heterocycles. The largest absolute Gasteiger partial charge is 0.468 e. The fourth-order valence-electron chi connectivity index (χ4n) is 4.35. The molecular weight excluding hydrogens is 466 g/mol. The van der Waals surface area contributed by atoms with E-state index in [0.717, 1.165) is 6.42 Å². The Morgan fingerprint density at radius 3 is 2.24 bits per heavy atom. The van der Waals surface area contributed by atoms with Gasteiger partial charge in [0.1, 0.15) is 6.04 Å². The summed E-state index contributed by atoms with van der Waals surface area (Å²) < 4.78 is 32.8. The number of ether oxygens (including phenoxy) is 1. The fraction of sp³-hybridized carbons (Fsp3) is 0.391. The Morgan fingerprint density at radius 1 is 1.00 bits per heavy atom. The Kier molecular flexibility index (Phi) is 7.04. The van der Waals surface area contributed by atoms with Crippen LogP contribution in [0.5, 0.6) is 0 Å². The van der Waals surface area contributed by atoms with Crippen molar-refractivity contribution in [1.82, 2.24) is 9.21 Å². The monoisotopic (exact) mass is 491 g/mol. The highest BCUT2D eigenvalue weighted by molar-refractivity contribution is 7.89. The zero-order valence-electron chi connectivity index (χ0n) is 18.3. The summed E-state index contributed by atoms with van der Waals surface area (Å²) in [6, 6.07) is 12.8. The molecule has 0 saturated carbocycles. The number of hydrogen-bond acceptors (Lipinski definition) is 6. The van der Waals surface area contributed by atoms with Crippen LogP contribution >= 0.6 is 11.6 Å². The van der Waals surface area contributed by atoms with Crippen LogP contribution in [0, 0.1) is 0 Å². The molecule has 1 amide bonds. The van der Waals surface area contributed by atoms with E-state index in [1.54, 1.807) is 53.4 Å². The molecule has 2 heterocycles. The van der Waals surface area contributed by atoms with Gasteiger partial charge in [0.15, 0.2) is 0 Å². The molecule has 0 aliphatic carbocycles. The molecule has 4 rings (SSSR count). The summed E-state index contributed by atoms with van der Waals surface area (Å²) in [5.41, 5.74) is 1.34. The lowest BCUT2D eigenvalue weighted by Gasteiger charge is -2.37. The zero-order valence-corrected chi connectivity index (χ0v) is 19.9. The van der Waals surface area contributed by atoms with Crippen molar-refractivity contribution in [3.05, 3.63) is 59.1 Å². The van der Waals surface area contributed by atoms with E-state index in [9.17, 15) is 18.0 Å². The molecule has 10 heteroatoms. The minimum atomic E-state index is -3.70. The Bertz CT molecular complexity index is 1130. The van der Waals surface area contributed by atoms with Gasteiger partial charge in [-0.15, -0.1) is 0 Å². The van der Waals surface area contributed by atoms with Gasteiger partial charge in [0, 0.05) is 49.9 Å². The van der Waals surface area contributed by atoms with E-state index in [-0.39, 0.29) is 23.9 Å². The zero-order chi connectivity index (χ0) is 23.6. The van der Waals surface area contributed by atoms with Gasteiger partial charge in [-0.2, -0.15) is 4.31 Å². The molecule has 1 unspecified atom stereocenters. The normalized spacial score (nSPS) is 19.0. The lowest BCUT2D eigenvalue weighted by atomic mass is 10.0. The van der Waals surface area contributed by atoms with Gasteiger partial charge in [-0.05, 0) is 42.3 Å². The van der Waals surface area contributed by atoms with Gasteiger partial charge in [0.25, 0.3) is 0 Å². The standard InChI is InChI=1S/C23H26ClN3O5S/c1-32-23(29)22(19-5-2-3-6-20(19)24)25-13-15-26(16-14-25)33(30,31)18-10-8-17(9-11-18)27-12-4-7-21(27)28/h2-3,5-6,8-11,22H,4,7,12-16H2,1H3. The van der Waals surface area contributed by atoms with Crippen LogP contribution in [0.2, 0.25) is 5.02 Å². The van der Waals surface area contributed by atoms with Gasteiger partial charge in [-0.25, -0.2) is 13.2 Å². The number of sulfonamides is 1. The molecule has 0 N–H and O–H groups in total. The Morgan fingerprint density at radius 2 is 1.67 bits per heavy atom. The number of carbonyl (C=O) groups is 2. The third-order valence-electron chi connectivity index (χ3n) is 6.12. The molecule has 2 fully saturated rings. The van der Waals surface area contributed by atoms with Crippen molar-refractivity contribution < 1.29 is 22.7 Å². The highest BCUT2D eigenvalue weighted by Crippen LogP contribution is 2.31. The summed E-state index contributed by atoms with van der Waals surface area (Å²) in [7, 11) is -2.38.